The third-order valence-corrected chi connectivity index (χ3v) is 5.08. The molecule has 0 bridgehead atoms. The summed E-state index contributed by atoms with van der Waals surface area (Å²) in [7, 11) is 0. The number of carbonyl (C=O) groups is 1. The number of aromatic nitrogens is 2. The van der Waals surface area contributed by atoms with Gasteiger partial charge in [0.15, 0.2) is 0 Å². The number of ether oxygens (including phenoxy) is 1. The first-order valence-electron chi connectivity index (χ1n) is 9.09. The van der Waals surface area contributed by atoms with Gasteiger partial charge in [0, 0.05) is 36.9 Å². The third kappa shape index (κ3) is 4.28. The molecule has 2 aromatic rings. The number of carbonyl (C=O) groups excluding carboxylic acids is 1. The van der Waals surface area contributed by atoms with Crippen molar-refractivity contribution in [2.45, 2.75) is 13.0 Å². The van der Waals surface area contributed by atoms with E-state index < -0.39 is 0 Å². The van der Waals surface area contributed by atoms with Crippen LogP contribution in [0.25, 0.3) is 6.08 Å². The number of halogens is 1. The molecule has 0 N–H and O–H groups in total. The number of hydrogen-bond acceptors (Lipinski definition) is 5. The zero-order chi connectivity index (χ0) is 18.6. The van der Waals surface area contributed by atoms with Crippen LogP contribution in [0.4, 0.5) is 5.95 Å². The van der Waals surface area contributed by atoms with Crippen LogP contribution >= 0.6 is 11.6 Å². The van der Waals surface area contributed by atoms with E-state index in [-0.39, 0.29) is 5.91 Å². The van der Waals surface area contributed by atoms with Crippen molar-refractivity contribution >= 4 is 29.5 Å². The highest BCUT2D eigenvalue weighted by Gasteiger charge is 2.23. The Hall–Kier alpha value is -2.44. The Kier molecular flexibility index (Phi) is 5.36. The van der Waals surface area contributed by atoms with Crippen LogP contribution in [0.15, 0.2) is 36.5 Å². The maximum Gasteiger partial charge on any atom is 0.246 e. The molecule has 1 aromatic heterocycles. The molecule has 6 nitrogen and oxygen atoms in total. The molecule has 0 spiro atoms. The Morgan fingerprint density at radius 3 is 2.70 bits per heavy atom. The predicted molar refractivity (Wildman–Crippen MR) is 105 cm³/mol. The first-order valence-corrected chi connectivity index (χ1v) is 9.47. The summed E-state index contributed by atoms with van der Waals surface area (Å²) in [5.41, 5.74) is 3.01. The molecule has 140 valence electrons. The molecular weight excluding hydrogens is 364 g/mol. The molecule has 1 aromatic carbocycles. The summed E-state index contributed by atoms with van der Waals surface area (Å²) in [6.45, 7) is 4.17. The Labute approximate surface area is 163 Å². The summed E-state index contributed by atoms with van der Waals surface area (Å²) >= 11 is 5.89. The SMILES string of the molecule is O=C(C=Cc1ccc(Cl)cc1)N1CCc2cnc(N3CCOCC3)nc2C1. The molecule has 0 aliphatic carbocycles. The Morgan fingerprint density at radius 1 is 1.15 bits per heavy atom. The van der Waals surface area contributed by atoms with Crippen LogP contribution in [0.3, 0.4) is 0 Å². The molecule has 0 unspecified atom stereocenters. The van der Waals surface area contributed by atoms with Crippen molar-refractivity contribution in [3.63, 3.8) is 0 Å². The molecule has 0 saturated carbocycles. The summed E-state index contributed by atoms with van der Waals surface area (Å²) in [4.78, 5) is 25.8. The maximum absolute atomic E-state index is 12.6. The van der Waals surface area contributed by atoms with Gasteiger partial charge in [0.2, 0.25) is 11.9 Å². The van der Waals surface area contributed by atoms with Crippen LogP contribution in [0.1, 0.15) is 16.8 Å². The van der Waals surface area contributed by atoms with Gasteiger partial charge < -0.3 is 14.5 Å². The van der Waals surface area contributed by atoms with Crippen LogP contribution < -0.4 is 4.90 Å². The van der Waals surface area contributed by atoms with Gasteiger partial charge in [0.05, 0.1) is 25.5 Å². The number of rotatable bonds is 3. The van der Waals surface area contributed by atoms with Gasteiger partial charge in [-0.25, -0.2) is 9.97 Å². The van der Waals surface area contributed by atoms with Gasteiger partial charge in [-0.05, 0) is 35.8 Å². The molecule has 2 aliphatic rings. The normalized spacial score (nSPS) is 17.2. The van der Waals surface area contributed by atoms with Crippen molar-refractivity contribution in [3.05, 3.63) is 58.4 Å². The monoisotopic (exact) mass is 384 g/mol. The Morgan fingerprint density at radius 2 is 1.93 bits per heavy atom. The first kappa shape index (κ1) is 17.9. The molecule has 1 saturated heterocycles. The fraction of sp³-hybridized carbons (Fsp3) is 0.350. The lowest BCUT2D eigenvalue weighted by atomic mass is 10.1. The topological polar surface area (TPSA) is 58.6 Å². The highest BCUT2D eigenvalue weighted by Crippen LogP contribution is 2.20. The summed E-state index contributed by atoms with van der Waals surface area (Å²) in [6, 6.07) is 7.40. The summed E-state index contributed by atoms with van der Waals surface area (Å²) in [6.07, 6.45) is 6.10. The van der Waals surface area contributed by atoms with E-state index in [0.717, 1.165) is 42.3 Å². The molecular formula is C20H21ClN4O2. The zero-order valence-electron chi connectivity index (χ0n) is 15.0. The largest absolute Gasteiger partial charge is 0.378 e. The lowest BCUT2D eigenvalue weighted by Crippen LogP contribution is -2.39. The van der Waals surface area contributed by atoms with Gasteiger partial charge in [-0.15, -0.1) is 0 Å². The summed E-state index contributed by atoms with van der Waals surface area (Å²) in [5, 5.41) is 0.682. The summed E-state index contributed by atoms with van der Waals surface area (Å²) in [5.74, 6) is 0.713. The van der Waals surface area contributed by atoms with E-state index in [1.54, 1.807) is 6.08 Å². The van der Waals surface area contributed by atoms with Gasteiger partial charge >= 0.3 is 0 Å². The lowest BCUT2D eigenvalue weighted by molar-refractivity contribution is -0.126. The van der Waals surface area contributed by atoms with Crippen molar-refractivity contribution in [1.82, 2.24) is 14.9 Å². The van der Waals surface area contributed by atoms with Gasteiger partial charge in [-0.2, -0.15) is 0 Å². The van der Waals surface area contributed by atoms with Crippen molar-refractivity contribution in [3.8, 4) is 0 Å². The third-order valence-electron chi connectivity index (χ3n) is 4.83. The second kappa shape index (κ2) is 8.06. The summed E-state index contributed by atoms with van der Waals surface area (Å²) < 4.78 is 5.39. The highest BCUT2D eigenvalue weighted by atomic mass is 35.5. The van der Waals surface area contributed by atoms with Crippen LogP contribution in [-0.2, 0) is 22.5 Å². The molecule has 1 amide bonds. The Balaban J connectivity index is 1.45. The van der Waals surface area contributed by atoms with E-state index in [4.69, 9.17) is 21.3 Å². The number of anilines is 1. The number of nitrogens with zero attached hydrogens (tertiary/aromatic N) is 4. The minimum atomic E-state index is -0.0119. The van der Waals surface area contributed by atoms with Gasteiger partial charge in [0.1, 0.15) is 0 Å². The molecule has 3 heterocycles. The van der Waals surface area contributed by atoms with Crippen LogP contribution in [-0.4, -0.2) is 53.6 Å². The van der Waals surface area contributed by atoms with E-state index in [9.17, 15) is 4.79 Å². The standard InChI is InChI=1S/C20H21ClN4O2/c21-17-4-1-15(2-5-17)3-6-19(26)25-8-7-16-13-22-20(23-18(16)14-25)24-9-11-27-12-10-24/h1-6,13H,7-12,14H2. The Bertz CT molecular complexity index is 848. The average molecular weight is 385 g/mol. The number of hydrogen-bond donors (Lipinski definition) is 0. The molecule has 1 fully saturated rings. The van der Waals surface area contributed by atoms with E-state index in [2.05, 4.69) is 9.88 Å². The molecule has 27 heavy (non-hydrogen) atoms. The molecule has 0 radical (unpaired) electrons. The van der Waals surface area contributed by atoms with E-state index >= 15 is 0 Å². The van der Waals surface area contributed by atoms with Crippen molar-refractivity contribution < 1.29 is 9.53 Å². The van der Waals surface area contributed by atoms with Gasteiger partial charge in [-0.3, -0.25) is 4.79 Å². The first-order chi connectivity index (χ1) is 13.2. The second-order valence-corrected chi connectivity index (χ2v) is 7.07. The highest BCUT2D eigenvalue weighted by molar-refractivity contribution is 6.30. The average Bonchev–Trinajstić information content (AvgIpc) is 2.73. The fourth-order valence-corrected chi connectivity index (χ4v) is 3.37. The minimum absolute atomic E-state index is 0.0119. The smallest absolute Gasteiger partial charge is 0.246 e. The van der Waals surface area contributed by atoms with Gasteiger partial charge in [-0.1, -0.05) is 23.7 Å². The van der Waals surface area contributed by atoms with E-state index in [1.165, 1.54) is 0 Å². The van der Waals surface area contributed by atoms with E-state index in [0.29, 0.717) is 31.3 Å². The lowest BCUT2D eigenvalue weighted by Gasteiger charge is -2.30. The van der Waals surface area contributed by atoms with Crippen LogP contribution in [0, 0.1) is 0 Å². The van der Waals surface area contributed by atoms with Crippen LogP contribution in [0.2, 0.25) is 5.02 Å². The van der Waals surface area contributed by atoms with Crippen molar-refractivity contribution in [2.75, 3.05) is 37.7 Å². The zero-order valence-corrected chi connectivity index (χ0v) is 15.7. The van der Waals surface area contributed by atoms with Gasteiger partial charge in [0.25, 0.3) is 0 Å². The van der Waals surface area contributed by atoms with Crippen molar-refractivity contribution in [1.29, 1.82) is 0 Å². The maximum atomic E-state index is 12.6. The van der Waals surface area contributed by atoms with Crippen molar-refractivity contribution in [2.24, 2.45) is 0 Å². The molecule has 0 atom stereocenters. The number of morpholine rings is 1. The van der Waals surface area contributed by atoms with Crippen LogP contribution in [0.5, 0.6) is 0 Å². The number of fused-ring (bicyclic) bond motifs is 1. The quantitative estimate of drug-likeness (QED) is 0.761. The fourth-order valence-electron chi connectivity index (χ4n) is 3.24. The molecule has 4 rings (SSSR count). The minimum Gasteiger partial charge on any atom is -0.378 e. The number of benzene rings is 1. The predicted octanol–water partition coefficient (Wildman–Crippen LogP) is 2.56. The molecule has 2 aliphatic heterocycles. The van der Waals surface area contributed by atoms with E-state index in [1.807, 2.05) is 41.4 Å². The molecule has 7 heteroatoms. The number of amides is 1. The second-order valence-electron chi connectivity index (χ2n) is 6.64.